The average Bonchev–Trinajstić information content (AvgIpc) is 2.26. The first-order chi connectivity index (χ1) is 7.04. The molecule has 82 valence electrons. The molecule has 0 bridgehead atoms. The Labute approximate surface area is 89.4 Å². The van der Waals surface area contributed by atoms with Crippen LogP contribution >= 0.6 is 0 Å². The fourth-order valence-electron chi connectivity index (χ4n) is 1.42. The summed E-state index contributed by atoms with van der Waals surface area (Å²) in [6.45, 7) is 3.64. The molecule has 0 heterocycles. The first-order valence-corrected chi connectivity index (χ1v) is 4.68. The minimum atomic E-state index is -0.999. The maximum Gasteiger partial charge on any atom is 0.331 e. The lowest BCUT2D eigenvalue weighted by Crippen LogP contribution is -2.51. The number of hydrogen-bond acceptors (Lipinski definition) is 4. The lowest BCUT2D eigenvalue weighted by Gasteiger charge is -2.26. The van der Waals surface area contributed by atoms with E-state index in [4.69, 9.17) is 10.6 Å². The molecule has 1 aromatic carbocycles. The first kappa shape index (κ1) is 11.7. The molecule has 0 fully saturated rings. The van der Waals surface area contributed by atoms with E-state index in [1.807, 2.05) is 31.2 Å². The monoisotopic (exact) mass is 208 g/mol. The van der Waals surface area contributed by atoms with E-state index < -0.39 is 11.5 Å². The first-order valence-electron chi connectivity index (χ1n) is 4.68. The van der Waals surface area contributed by atoms with E-state index in [0.717, 1.165) is 11.1 Å². The number of hydrogen-bond donors (Lipinski definition) is 2. The van der Waals surface area contributed by atoms with E-state index in [1.54, 1.807) is 6.92 Å². The molecule has 0 aliphatic heterocycles. The van der Waals surface area contributed by atoms with Gasteiger partial charge in [-0.3, -0.25) is 5.84 Å². The van der Waals surface area contributed by atoms with Crippen molar-refractivity contribution in [1.82, 2.24) is 5.43 Å². The smallest absolute Gasteiger partial charge is 0.331 e. The highest BCUT2D eigenvalue weighted by Crippen LogP contribution is 2.22. The Morgan fingerprint density at radius 3 is 2.67 bits per heavy atom. The van der Waals surface area contributed by atoms with E-state index in [2.05, 4.69) is 5.43 Å². The molecule has 15 heavy (non-hydrogen) atoms. The molecule has 1 unspecified atom stereocenters. The van der Waals surface area contributed by atoms with Gasteiger partial charge in [-0.1, -0.05) is 29.8 Å². The second-order valence-corrected chi connectivity index (χ2v) is 3.63. The molecule has 1 atom stereocenters. The van der Waals surface area contributed by atoms with Gasteiger partial charge >= 0.3 is 5.97 Å². The predicted octanol–water partition coefficient (Wildman–Crippen LogP) is 0.847. The molecule has 4 nitrogen and oxygen atoms in total. The number of nitrogens with one attached hydrogen (secondary N) is 1. The summed E-state index contributed by atoms with van der Waals surface area (Å²) in [5, 5.41) is 0. The van der Waals surface area contributed by atoms with Crippen molar-refractivity contribution in [2.75, 3.05) is 7.11 Å². The molecule has 0 amide bonds. The Hall–Kier alpha value is -1.39. The molecule has 0 radical (unpaired) electrons. The molecule has 4 heteroatoms. The summed E-state index contributed by atoms with van der Waals surface area (Å²) in [6, 6.07) is 7.57. The molecular weight excluding hydrogens is 192 g/mol. The largest absolute Gasteiger partial charge is 0.467 e. The topological polar surface area (TPSA) is 64.3 Å². The Kier molecular flexibility index (Phi) is 3.44. The maximum atomic E-state index is 11.6. The van der Waals surface area contributed by atoms with Crippen LogP contribution in [0.25, 0.3) is 0 Å². The van der Waals surface area contributed by atoms with Crippen molar-refractivity contribution in [2.45, 2.75) is 19.4 Å². The van der Waals surface area contributed by atoms with Gasteiger partial charge in [-0.05, 0) is 19.4 Å². The molecule has 0 aliphatic carbocycles. The Morgan fingerprint density at radius 2 is 2.20 bits per heavy atom. The second kappa shape index (κ2) is 4.42. The summed E-state index contributed by atoms with van der Waals surface area (Å²) in [5.74, 6) is 5.01. The summed E-state index contributed by atoms with van der Waals surface area (Å²) in [6.07, 6.45) is 0. The van der Waals surface area contributed by atoms with Crippen LogP contribution < -0.4 is 11.3 Å². The highest BCUT2D eigenvalue weighted by Gasteiger charge is 2.35. The SMILES string of the molecule is COC(=O)C(C)(NN)c1cccc(C)c1. The Balaban J connectivity index is 3.16. The zero-order chi connectivity index (χ0) is 11.5. The third-order valence-electron chi connectivity index (χ3n) is 2.48. The number of rotatable bonds is 3. The summed E-state index contributed by atoms with van der Waals surface area (Å²) in [4.78, 5) is 11.6. The molecular formula is C11H16N2O2. The van der Waals surface area contributed by atoms with Gasteiger partial charge in [-0.25, -0.2) is 10.2 Å². The Morgan fingerprint density at radius 1 is 1.53 bits per heavy atom. The number of benzene rings is 1. The van der Waals surface area contributed by atoms with Gasteiger partial charge < -0.3 is 4.74 Å². The van der Waals surface area contributed by atoms with Crippen LogP contribution in [-0.2, 0) is 15.1 Å². The maximum absolute atomic E-state index is 11.6. The lowest BCUT2D eigenvalue weighted by atomic mass is 9.92. The van der Waals surface area contributed by atoms with E-state index in [0.29, 0.717) is 0 Å². The number of methoxy groups -OCH3 is 1. The summed E-state index contributed by atoms with van der Waals surface area (Å²) in [7, 11) is 1.34. The van der Waals surface area contributed by atoms with Crippen LogP contribution in [0.5, 0.6) is 0 Å². The van der Waals surface area contributed by atoms with Gasteiger partial charge in [0.2, 0.25) is 0 Å². The van der Waals surface area contributed by atoms with Crippen molar-refractivity contribution < 1.29 is 9.53 Å². The van der Waals surface area contributed by atoms with Gasteiger partial charge in [0.25, 0.3) is 0 Å². The predicted molar refractivity (Wildman–Crippen MR) is 57.9 cm³/mol. The van der Waals surface area contributed by atoms with Crippen LogP contribution in [0, 0.1) is 6.92 Å². The highest BCUT2D eigenvalue weighted by atomic mass is 16.5. The quantitative estimate of drug-likeness (QED) is 0.439. The lowest BCUT2D eigenvalue weighted by molar-refractivity contribution is -0.148. The number of aryl methyl sites for hydroxylation is 1. The summed E-state index contributed by atoms with van der Waals surface area (Å²) < 4.78 is 4.72. The minimum Gasteiger partial charge on any atom is -0.467 e. The van der Waals surface area contributed by atoms with Gasteiger partial charge in [0.1, 0.15) is 0 Å². The average molecular weight is 208 g/mol. The van der Waals surface area contributed by atoms with E-state index in [1.165, 1.54) is 7.11 Å². The van der Waals surface area contributed by atoms with Gasteiger partial charge in [-0.15, -0.1) is 0 Å². The molecule has 0 saturated carbocycles. The van der Waals surface area contributed by atoms with Gasteiger partial charge in [0.05, 0.1) is 7.11 Å². The zero-order valence-corrected chi connectivity index (χ0v) is 9.20. The van der Waals surface area contributed by atoms with Crippen LogP contribution in [0.2, 0.25) is 0 Å². The highest BCUT2D eigenvalue weighted by molar-refractivity contribution is 5.82. The summed E-state index contributed by atoms with van der Waals surface area (Å²) >= 11 is 0. The molecule has 1 aromatic rings. The Bertz CT molecular complexity index is 365. The number of ether oxygens (including phenoxy) is 1. The fraction of sp³-hybridized carbons (Fsp3) is 0.364. The fourth-order valence-corrected chi connectivity index (χ4v) is 1.42. The van der Waals surface area contributed by atoms with E-state index in [9.17, 15) is 4.79 Å². The van der Waals surface area contributed by atoms with Crippen LogP contribution in [0.1, 0.15) is 18.1 Å². The van der Waals surface area contributed by atoms with Gasteiger partial charge in [-0.2, -0.15) is 0 Å². The van der Waals surface area contributed by atoms with Crippen LogP contribution in [0.15, 0.2) is 24.3 Å². The standard InChI is InChI=1S/C11H16N2O2/c1-8-5-4-6-9(7-8)11(2,13-12)10(14)15-3/h4-7,13H,12H2,1-3H3. The van der Waals surface area contributed by atoms with Crippen molar-refractivity contribution in [2.24, 2.45) is 5.84 Å². The molecule has 0 saturated heterocycles. The third kappa shape index (κ3) is 2.16. The van der Waals surface area contributed by atoms with Crippen molar-refractivity contribution in [3.05, 3.63) is 35.4 Å². The number of hydrazine groups is 1. The third-order valence-corrected chi connectivity index (χ3v) is 2.48. The van der Waals surface area contributed by atoms with Crippen LogP contribution in [0.3, 0.4) is 0 Å². The van der Waals surface area contributed by atoms with Crippen molar-refractivity contribution in [3.63, 3.8) is 0 Å². The zero-order valence-electron chi connectivity index (χ0n) is 9.20. The number of carbonyl (C=O) groups excluding carboxylic acids is 1. The number of nitrogens with two attached hydrogens (primary N) is 1. The van der Waals surface area contributed by atoms with Gasteiger partial charge in [0.15, 0.2) is 5.54 Å². The molecule has 0 aromatic heterocycles. The molecule has 1 rings (SSSR count). The summed E-state index contributed by atoms with van der Waals surface area (Å²) in [5.41, 5.74) is 3.36. The van der Waals surface area contributed by atoms with E-state index >= 15 is 0 Å². The van der Waals surface area contributed by atoms with Crippen LogP contribution in [0.4, 0.5) is 0 Å². The molecule has 3 N–H and O–H groups in total. The minimum absolute atomic E-state index is 0.407. The number of esters is 1. The molecule has 0 spiro atoms. The van der Waals surface area contributed by atoms with Crippen molar-refractivity contribution >= 4 is 5.97 Å². The van der Waals surface area contributed by atoms with E-state index in [-0.39, 0.29) is 0 Å². The van der Waals surface area contributed by atoms with Crippen LogP contribution in [-0.4, -0.2) is 13.1 Å². The molecule has 0 aliphatic rings. The second-order valence-electron chi connectivity index (χ2n) is 3.63. The van der Waals surface area contributed by atoms with Crippen molar-refractivity contribution in [3.8, 4) is 0 Å². The van der Waals surface area contributed by atoms with Crippen molar-refractivity contribution in [1.29, 1.82) is 0 Å². The normalized spacial score (nSPS) is 14.4. The van der Waals surface area contributed by atoms with Gasteiger partial charge in [0, 0.05) is 0 Å². The number of carbonyl (C=O) groups is 1.